The first-order chi connectivity index (χ1) is 12.6. The molecule has 0 atom stereocenters. The van der Waals surface area contributed by atoms with Crippen molar-refractivity contribution < 1.29 is 4.79 Å². The average molecular weight is 346 g/mol. The van der Waals surface area contributed by atoms with E-state index in [1.807, 2.05) is 41.0 Å². The zero-order chi connectivity index (χ0) is 18.3. The summed E-state index contributed by atoms with van der Waals surface area (Å²) in [7, 11) is 3.40. The van der Waals surface area contributed by atoms with Crippen LogP contribution in [0.25, 0.3) is 16.7 Å². The number of aromatic nitrogens is 3. The van der Waals surface area contributed by atoms with E-state index in [9.17, 15) is 9.59 Å². The highest BCUT2D eigenvalue weighted by Gasteiger charge is 2.21. The molecule has 4 aromatic rings. The molecule has 0 unspecified atom stereocenters. The van der Waals surface area contributed by atoms with Crippen molar-refractivity contribution in [3.05, 3.63) is 82.4 Å². The number of fused-ring (bicyclic) bond motifs is 2. The molecule has 0 aliphatic carbocycles. The van der Waals surface area contributed by atoms with Gasteiger partial charge in [-0.25, -0.2) is 4.98 Å². The number of amides is 1. The van der Waals surface area contributed by atoms with Crippen LogP contribution in [0.5, 0.6) is 0 Å². The Morgan fingerprint density at radius 2 is 1.81 bits per heavy atom. The summed E-state index contributed by atoms with van der Waals surface area (Å²) < 4.78 is 3.32. The monoisotopic (exact) mass is 346 g/mol. The van der Waals surface area contributed by atoms with Gasteiger partial charge in [0.25, 0.3) is 11.5 Å². The summed E-state index contributed by atoms with van der Waals surface area (Å²) in [6.07, 6.45) is 1.69. The molecule has 1 amide bonds. The Morgan fingerprint density at radius 3 is 2.54 bits per heavy atom. The minimum Gasteiger partial charge on any atom is -0.343 e. The van der Waals surface area contributed by atoms with Crippen LogP contribution >= 0.6 is 0 Å². The molecule has 0 aliphatic rings. The third kappa shape index (κ3) is 2.56. The Morgan fingerprint density at radius 1 is 1.08 bits per heavy atom. The lowest BCUT2D eigenvalue weighted by Crippen LogP contribution is -2.24. The number of pyridine rings is 1. The second kappa shape index (κ2) is 6.15. The van der Waals surface area contributed by atoms with Crippen LogP contribution < -0.4 is 5.56 Å². The molecule has 0 spiro atoms. The summed E-state index contributed by atoms with van der Waals surface area (Å²) in [4.78, 5) is 31.7. The third-order valence-electron chi connectivity index (χ3n) is 4.39. The van der Waals surface area contributed by atoms with Gasteiger partial charge in [0.2, 0.25) is 0 Å². The molecule has 0 bridgehead atoms. The van der Waals surface area contributed by atoms with E-state index < -0.39 is 0 Å². The number of carbonyl (C=O) groups excluding carboxylic acids is 1. The van der Waals surface area contributed by atoms with Gasteiger partial charge in [-0.05, 0) is 23.8 Å². The number of hydrogen-bond acceptors (Lipinski definition) is 3. The van der Waals surface area contributed by atoms with Crippen molar-refractivity contribution in [2.75, 3.05) is 14.1 Å². The van der Waals surface area contributed by atoms with Crippen molar-refractivity contribution >= 4 is 22.6 Å². The summed E-state index contributed by atoms with van der Waals surface area (Å²) in [6.45, 7) is 0.467. The number of hydrogen-bond donors (Lipinski definition) is 0. The van der Waals surface area contributed by atoms with E-state index in [1.54, 1.807) is 38.5 Å². The zero-order valence-electron chi connectivity index (χ0n) is 14.6. The van der Waals surface area contributed by atoms with Gasteiger partial charge in [0, 0.05) is 26.8 Å². The summed E-state index contributed by atoms with van der Waals surface area (Å²) in [6, 6.07) is 16.9. The fourth-order valence-electron chi connectivity index (χ4n) is 3.08. The summed E-state index contributed by atoms with van der Waals surface area (Å²) >= 11 is 0. The van der Waals surface area contributed by atoms with Crippen LogP contribution in [0, 0.1) is 0 Å². The van der Waals surface area contributed by atoms with Gasteiger partial charge in [0.15, 0.2) is 0 Å². The number of nitrogens with zero attached hydrogens (tertiary/aromatic N) is 4. The Balaban J connectivity index is 2.03. The highest BCUT2D eigenvalue weighted by Crippen LogP contribution is 2.19. The normalized spacial score (nSPS) is 11.2. The van der Waals surface area contributed by atoms with E-state index in [-0.39, 0.29) is 11.5 Å². The molecule has 0 saturated carbocycles. The van der Waals surface area contributed by atoms with E-state index in [1.165, 1.54) is 9.30 Å². The first kappa shape index (κ1) is 16.1. The fourth-order valence-corrected chi connectivity index (χ4v) is 3.08. The standard InChI is InChI=1S/C20H18N4O2/c1-22(2)20(26)16-12-15-18(24(16)13-14-8-4-3-5-9-14)21-17-10-6-7-11-23(17)19(15)25/h3-12H,13H2,1-2H3. The molecule has 0 aliphatic heterocycles. The number of carbonyl (C=O) groups is 1. The second-order valence-corrected chi connectivity index (χ2v) is 6.38. The van der Waals surface area contributed by atoms with E-state index in [4.69, 9.17) is 0 Å². The maximum absolute atomic E-state index is 12.9. The van der Waals surface area contributed by atoms with Crippen LogP contribution in [0.1, 0.15) is 16.1 Å². The molecule has 3 aromatic heterocycles. The Bertz CT molecular complexity index is 1170. The minimum absolute atomic E-state index is 0.160. The van der Waals surface area contributed by atoms with Gasteiger partial charge in [0.05, 0.1) is 5.39 Å². The fraction of sp³-hybridized carbons (Fsp3) is 0.150. The molecule has 0 radical (unpaired) electrons. The molecule has 26 heavy (non-hydrogen) atoms. The molecule has 1 aromatic carbocycles. The van der Waals surface area contributed by atoms with Gasteiger partial charge in [-0.3, -0.25) is 14.0 Å². The predicted molar refractivity (Wildman–Crippen MR) is 101 cm³/mol. The van der Waals surface area contributed by atoms with Crippen molar-refractivity contribution in [1.29, 1.82) is 0 Å². The van der Waals surface area contributed by atoms with Gasteiger partial charge < -0.3 is 9.47 Å². The van der Waals surface area contributed by atoms with E-state index in [0.29, 0.717) is 28.9 Å². The van der Waals surface area contributed by atoms with Gasteiger partial charge in [0.1, 0.15) is 17.0 Å². The predicted octanol–water partition coefficient (Wildman–Crippen LogP) is 2.40. The van der Waals surface area contributed by atoms with Crippen molar-refractivity contribution in [3.63, 3.8) is 0 Å². The molecule has 0 fully saturated rings. The SMILES string of the molecule is CN(C)C(=O)c1cc2c(=O)n3ccccc3nc2n1Cc1ccccc1. The van der Waals surface area contributed by atoms with Crippen molar-refractivity contribution in [2.24, 2.45) is 0 Å². The van der Waals surface area contributed by atoms with Gasteiger partial charge in [-0.15, -0.1) is 0 Å². The van der Waals surface area contributed by atoms with E-state index in [0.717, 1.165) is 5.56 Å². The molecule has 3 heterocycles. The maximum atomic E-state index is 12.9. The van der Waals surface area contributed by atoms with E-state index >= 15 is 0 Å². The van der Waals surface area contributed by atoms with Crippen molar-refractivity contribution in [3.8, 4) is 0 Å². The summed E-state index contributed by atoms with van der Waals surface area (Å²) in [5.74, 6) is -0.160. The van der Waals surface area contributed by atoms with Crippen molar-refractivity contribution in [2.45, 2.75) is 6.54 Å². The van der Waals surface area contributed by atoms with Gasteiger partial charge >= 0.3 is 0 Å². The summed E-state index contributed by atoms with van der Waals surface area (Å²) in [5.41, 5.74) is 2.39. The molecule has 0 N–H and O–H groups in total. The highest BCUT2D eigenvalue weighted by molar-refractivity contribution is 5.97. The molecule has 4 rings (SSSR count). The smallest absolute Gasteiger partial charge is 0.270 e. The topological polar surface area (TPSA) is 59.6 Å². The van der Waals surface area contributed by atoms with Crippen LogP contribution in [0.15, 0.2) is 65.6 Å². The molecule has 130 valence electrons. The molecule has 6 nitrogen and oxygen atoms in total. The highest BCUT2D eigenvalue weighted by atomic mass is 16.2. The van der Waals surface area contributed by atoms with Gasteiger partial charge in [-0.1, -0.05) is 36.4 Å². The van der Waals surface area contributed by atoms with Crippen LogP contribution in [-0.2, 0) is 6.54 Å². The second-order valence-electron chi connectivity index (χ2n) is 6.38. The quantitative estimate of drug-likeness (QED) is 0.572. The molecular formula is C20H18N4O2. The van der Waals surface area contributed by atoms with Crippen LogP contribution in [0.2, 0.25) is 0 Å². The lowest BCUT2D eigenvalue weighted by atomic mass is 10.2. The molecular weight excluding hydrogens is 328 g/mol. The van der Waals surface area contributed by atoms with Crippen LogP contribution in [0.3, 0.4) is 0 Å². The summed E-state index contributed by atoms with van der Waals surface area (Å²) in [5, 5.41) is 0.440. The zero-order valence-corrected chi connectivity index (χ0v) is 14.6. The molecule has 6 heteroatoms. The Kier molecular flexibility index (Phi) is 3.80. The van der Waals surface area contributed by atoms with E-state index in [2.05, 4.69) is 4.98 Å². The largest absolute Gasteiger partial charge is 0.343 e. The maximum Gasteiger partial charge on any atom is 0.270 e. The van der Waals surface area contributed by atoms with Crippen LogP contribution in [-0.4, -0.2) is 38.9 Å². The number of rotatable bonds is 3. The van der Waals surface area contributed by atoms with Crippen LogP contribution in [0.4, 0.5) is 0 Å². The first-order valence-electron chi connectivity index (χ1n) is 8.32. The van der Waals surface area contributed by atoms with Crippen molar-refractivity contribution in [1.82, 2.24) is 18.9 Å². The Labute approximate surface area is 149 Å². The molecule has 0 saturated heterocycles. The first-order valence-corrected chi connectivity index (χ1v) is 8.32. The number of benzene rings is 1. The third-order valence-corrected chi connectivity index (χ3v) is 4.39. The van der Waals surface area contributed by atoms with Gasteiger partial charge in [-0.2, -0.15) is 0 Å². The lowest BCUT2D eigenvalue weighted by Gasteiger charge is -2.14. The average Bonchev–Trinajstić information content (AvgIpc) is 3.01. The Hall–Kier alpha value is -3.41. The lowest BCUT2D eigenvalue weighted by molar-refractivity contribution is 0.0818. The minimum atomic E-state index is -0.176.